The van der Waals surface area contributed by atoms with Gasteiger partial charge in [0.2, 0.25) is 11.8 Å². The monoisotopic (exact) mass is 352 g/mol. The smallest absolute Gasteiger partial charge is 0.325 e. The van der Waals surface area contributed by atoms with Crippen molar-refractivity contribution in [3.63, 3.8) is 0 Å². The van der Waals surface area contributed by atoms with E-state index in [2.05, 4.69) is 15.4 Å². The molecule has 0 aliphatic heterocycles. The summed E-state index contributed by atoms with van der Waals surface area (Å²) >= 11 is 0. The normalized spacial score (nSPS) is 9.88. The van der Waals surface area contributed by atoms with E-state index in [4.69, 9.17) is 9.47 Å². The summed E-state index contributed by atoms with van der Waals surface area (Å²) in [4.78, 5) is 34.1. The molecular weight excluding hydrogens is 328 g/mol. The SMILES string of the molecule is COC(=O)CNC(=O)CCC(=O)NCCc1ccc(OC)c(OC)c1. The molecule has 0 fully saturated rings. The van der Waals surface area contributed by atoms with Crippen molar-refractivity contribution in [3.05, 3.63) is 23.8 Å². The Morgan fingerprint density at radius 2 is 1.56 bits per heavy atom. The number of carbonyl (C=O) groups is 3. The van der Waals surface area contributed by atoms with E-state index in [1.54, 1.807) is 14.2 Å². The second kappa shape index (κ2) is 10.9. The van der Waals surface area contributed by atoms with Crippen molar-refractivity contribution in [2.45, 2.75) is 19.3 Å². The van der Waals surface area contributed by atoms with Gasteiger partial charge in [-0.3, -0.25) is 14.4 Å². The Labute approximate surface area is 146 Å². The molecule has 1 rings (SSSR count). The van der Waals surface area contributed by atoms with Crippen molar-refractivity contribution >= 4 is 17.8 Å². The van der Waals surface area contributed by atoms with Gasteiger partial charge in [0.05, 0.1) is 21.3 Å². The van der Waals surface area contributed by atoms with Gasteiger partial charge in [0.15, 0.2) is 11.5 Å². The number of ether oxygens (including phenoxy) is 3. The fourth-order valence-corrected chi connectivity index (χ4v) is 2.03. The molecule has 0 spiro atoms. The summed E-state index contributed by atoms with van der Waals surface area (Å²) < 4.78 is 14.8. The molecule has 138 valence electrons. The molecule has 0 aromatic heterocycles. The van der Waals surface area contributed by atoms with Crippen molar-refractivity contribution in [1.82, 2.24) is 10.6 Å². The topological polar surface area (TPSA) is 103 Å². The molecular formula is C17H24N2O6. The first kappa shape index (κ1) is 20.3. The molecule has 0 aliphatic rings. The Morgan fingerprint density at radius 3 is 2.16 bits per heavy atom. The summed E-state index contributed by atoms with van der Waals surface area (Å²) in [6, 6.07) is 5.56. The standard InChI is InChI=1S/C17H24N2O6/c1-23-13-5-4-12(10-14(13)24-2)8-9-18-15(20)6-7-16(21)19-11-17(22)25-3/h4-5,10H,6-9,11H2,1-3H3,(H,18,20)(H,19,21). The molecule has 2 N–H and O–H groups in total. The van der Waals surface area contributed by atoms with E-state index < -0.39 is 5.97 Å². The van der Waals surface area contributed by atoms with Crippen LogP contribution < -0.4 is 20.1 Å². The highest BCUT2D eigenvalue weighted by Gasteiger charge is 2.09. The Morgan fingerprint density at radius 1 is 0.920 bits per heavy atom. The highest BCUT2D eigenvalue weighted by Crippen LogP contribution is 2.27. The third kappa shape index (κ3) is 7.56. The van der Waals surface area contributed by atoms with Gasteiger partial charge in [-0.05, 0) is 24.1 Å². The van der Waals surface area contributed by atoms with E-state index in [0.29, 0.717) is 24.5 Å². The molecule has 8 heteroatoms. The molecule has 0 saturated heterocycles. The number of rotatable bonds is 10. The number of esters is 1. The molecule has 0 heterocycles. The van der Waals surface area contributed by atoms with Crippen LogP contribution in [0, 0.1) is 0 Å². The molecule has 25 heavy (non-hydrogen) atoms. The van der Waals surface area contributed by atoms with Crippen LogP contribution in [0.2, 0.25) is 0 Å². The van der Waals surface area contributed by atoms with Gasteiger partial charge >= 0.3 is 5.97 Å². The minimum absolute atomic E-state index is 0.0131. The van der Waals surface area contributed by atoms with Crippen LogP contribution in [-0.2, 0) is 25.5 Å². The summed E-state index contributed by atoms with van der Waals surface area (Å²) in [5.74, 6) is 0.142. The molecule has 0 radical (unpaired) electrons. The minimum Gasteiger partial charge on any atom is -0.493 e. The van der Waals surface area contributed by atoms with Crippen LogP contribution in [0.15, 0.2) is 18.2 Å². The van der Waals surface area contributed by atoms with Crippen molar-refractivity contribution in [2.24, 2.45) is 0 Å². The lowest BCUT2D eigenvalue weighted by molar-refractivity contribution is -0.141. The first-order valence-electron chi connectivity index (χ1n) is 7.81. The maximum Gasteiger partial charge on any atom is 0.325 e. The molecule has 0 aliphatic carbocycles. The van der Waals surface area contributed by atoms with E-state index in [9.17, 15) is 14.4 Å². The average Bonchev–Trinajstić information content (AvgIpc) is 2.64. The molecule has 0 bridgehead atoms. The summed E-state index contributed by atoms with van der Waals surface area (Å²) in [6.45, 7) is 0.244. The third-order valence-electron chi connectivity index (χ3n) is 3.42. The van der Waals surface area contributed by atoms with Crippen LogP contribution in [0.3, 0.4) is 0 Å². The fourth-order valence-electron chi connectivity index (χ4n) is 2.03. The number of benzene rings is 1. The van der Waals surface area contributed by atoms with Crippen molar-refractivity contribution in [3.8, 4) is 11.5 Å². The van der Waals surface area contributed by atoms with E-state index in [-0.39, 0.29) is 31.2 Å². The molecule has 1 aromatic carbocycles. The Kier molecular flexibility index (Phi) is 8.84. The first-order valence-corrected chi connectivity index (χ1v) is 7.81. The summed E-state index contributed by atoms with van der Waals surface area (Å²) in [6.07, 6.45) is 0.693. The lowest BCUT2D eigenvalue weighted by atomic mass is 10.1. The lowest BCUT2D eigenvalue weighted by Gasteiger charge is -2.10. The second-order valence-corrected chi connectivity index (χ2v) is 5.14. The zero-order chi connectivity index (χ0) is 18.7. The maximum absolute atomic E-state index is 11.7. The van der Waals surface area contributed by atoms with Gasteiger partial charge in [-0.1, -0.05) is 6.07 Å². The second-order valence-electron chi connectivity index (χ2n) is 5.14. The van der Waals surface area contributed by atoms with Crippen LogP contribution in [0.5, 0.6) is 11.5 Å². The zero-order valence-corrected chi connectivity index (χ0v) is 14.7. The number of amides is 2. The third-order valence-corrected chi connectivity index (χ3v) is 3.42. The van der Waals surface area contributed by atoms with Gasteiger partial charge in [-0.15, -0.1) is 0 Å². The van der Waals surface area contributed by atoms with Gasteiger partial charge in [-0.2, -0.15) is 0 Å². The van der Waals surface area contributed by atoms with Gasteiger partial charge < -0.3 is 24.8 Å². The summed E-state index contributed by atoms with van der Waals surface area (Å²) in [7, 11) is 4.37. The highest BCUT2D eigenvalue weighted by molar-refractivity contribution is 5.85. The Hall–Kier alpha value is -2.77. The quantitative estimate of drug-likeness (QED) is 0.592. The highest BCUT2D eigenvalue weighted by atomic mass is 16.5. The van der Waals surface area contributed by atoms with Gasteiger partial charge in [0, 0.05) is 19.4 Å². The van der Waals surface area contributed by atoms with E-state index in [0.717, 1.165) is 5.56 Å². The van der Waals surface area contributed by atoms with Gasteiger partial charge in [-0.25, -0.2) is 0 Å². The van der Waals surface area contributed by atoms with Crippen molar-refractivity contribution < 1.29 is 28.6 Å². The Balaban J connectivity index is 2.28. The van der Waals surface area contributed by atoms with E-state index >= 15 is 0 Å². The predicted molar refractivity (Wildman–Crippen MR) is 90.5 cm³/mol. The van der Waals surface area contributed by atoms with Crippen LogP contribution in [-0.4, -0.2) is 52.2 Å². The largest absolute Gasteiger partial charge is 0.493 e. The van der Waals surface area contributed by atoms with Crippen molar-refractivity contribution in [2.75, 3.05) is 34.4 Å². The van der Waals surface area contributed by atoms with Crippen LogP contribution in [0.4, 0.5) is 0 Å². The molecule has 1 aromatic rings. The number of methoxy groups -OCH3 is 3. The molecule has 0 atom stereocenters. The summed E-state index contributed by atoms with van der Waals surface area (Å²) in [5, 5.41) is 5.12. The van der Waals surface area contributed by atoms with Crippen molar-refractivity contribution in [1.29, 1.82) is 0 Å². The number of nitrogens with one attached hydrogen (secondary N) is 2. The van der Waals surface area contributed by atoms with Crippen LogP contribution >= 0.6 is 0 Å². The molecule has 8 nitrogen and oxygen atoms in total. The molecule has 0 unspecified atom stereocenters. The molecule has 2 amide bonds. The average molecular weight is 352 g/mol. The minimum atomic E-state index is -0.535. The van der Waals surface area contributed by atoms with Crippen LogP contribution in [0.25, 0.3) is 0 Å². The van der Waals surface area contributed by atoms with E-state index in [1.165, 1.54) is 7.11 Å². The Bertz CT molecular complexity index is 603. The fraction of sp³-hybridized carbons (Fsp3) is 0.471. The van der Waals surface area contributed by atoms with Gasteiger partial charge in [0.25, 0.3) is 0 Å². The number of carbonyl (C=O) groups excluding carboxylic acids is 3. The summed E-state index contributed by atoms with van der Waals surface area (Å²) in [5.41, 5.74) is 0.994. The predicted octanol–water partition coefficient (Wildman–Crippen LogP) is 0.432. The molecule has 0 saturated carbocycles. The number of hydrogen-bond donors (Lipinski definition) is 2. The lowest BCUT2D eigenvalue weighted by Crippen LogP contribution is -2.32. The van der Waals surface area contributed by atoms with Crippen LogP contribution in [0.1, 0.15) is 18.4 Å². The maximum atomic E-state index is 11.7. The van der Waals surface area contributed by atoms with E-state index in [1.807, 2.05) is 18.2 Å². The number of hydrogen-bond acceptors (Lipinski definition) is 6. The first-order chi connectivity index (χ1) is 12.0. The van der Waals surface area contributed by atoms with Gasteiger partial charge in [0.1, 0.15) is 6.54 Å². The zero-order valence-electron chi connectivity index (χ0n) is 14.7.